The Morgan fingerprint density at radius 1 is 1.26 bits per heavy atom. The molecule has 8 nitrogen and oxygen atoms in total. The van der Waals surface area contributed by atoms with E-state index in [2.05, 4.69) is 82.8 Å². The average molecular weight is 480 g/mol. The zero-order valence-electron chi connectivity index (χ0n) is 20.1. The molecule has 0 spiro atoms. The van der Waals surface area contributed by atoms with Gasteiger partial charge >= 0.3 is 0 Å². The third-order valence-electron chi connectivity index (χ3n) is 5.71. The van der Waals surface area contributed by atoms with E-state index in [0.29, 0.717) is 17.9 Å². The van der Waals surface area contributed by atoms with Crippen molar-refractivity contribution in [3.8, 4) is 11.3 Å². The molecule has 0 radical (unpaired) electrons. The lowest BCUT2D eigenvalue weighted by molar-refractivity contribution is 0.157. The Morgan fingerprint density at radius 2 is 2.09 bits per heavy atom. The number of benzene rings is 1. The van der Waals surface area contributed by atoms with Crippen molar-refractivity contribution in [3.63, 3.8) is 0 Å². The maximum atomic E-state index is 9.70. The first kappa shape index (κ1) is 24.3. The van der Waals surface area contributed by atoms with Crippen molar-refractivity contribution < 1.29 is 5.11 Å². The van der Waals surface area contributed by atoms with Crippen molar-refractivity contribution in [2.24, 2.45) is 11.1 Å². The lowest BCUT2D eigenvalue weighted by Crippen LogP contribution is -2.35. The van der Waals surface area contributed by atoms with Crippen molar-refractivity contribution in [1.29, 1.82) is 0 Å². The predicted molar refractivity (Wildman–Crippen MR) is 138 cm³/mol. The number of thioether (sulfide) groups is 1. The first-order chi connectivity index (χ1) is 16.2. The Bertz CT molecular complexity index is 1150. The first-order valence-electron chi connectivity index (χ1n) is 11.4. The summed E-state index contributed by atoms with van der Waals surface area (Å²) in [6.07, 6.45) is 6.79. The van der Waals surface area contributed by atoms with Gasteiger partial charge in [0.05, 0.1) is 35.6 Å². The lowest BCUT2D eigenvalue weighted by atomic mass is 9.95. The third kappa shape index (κ3) is 5.78. The van der Waals surface area contributed by atoms with Crippen molar-refractivity contribution >= 4 is 23.4 Å². The molecule has 180 valence electrons. The summed E-state index contributed by atoms with van der Waals surface area (Å²) >= 11 is 1.89. The van der Waals surface area contributed by atoms with Crippen LogP contribution in [0.25, 0.3) is 11.3 Å². The molecule has 2 atom stereocenters. The molecule has 2 aromatic heterocycles. The van der Waals surface area contributed by atoms with Crippen LogP contribution in [0.15, 0.2) is 54.5 Å². The van der Waals surface area contributed by atoms with Crippen LogP contribution in [0.2, 0.25) is 0 Å². The van der Waals surface area contributed by atoms with Gasteiger partial charge in [-0.05, 0) is 41.0 Å². The SMILES string of the molecule is Cc1cc(-c2ccnc(Nc3cnn(CC(O)CN)c3)n2)ccc1CN1C=CS[C@H]1C(C)(C)C. The van der Waals surface area contributed by atoms with E-state index < -0.39 is 6.10 Å². The molecule has 34 heavy (non-hydrogen) atoms. The van der Waals surface area contributed by atoms with E-state index in [4.69, 9.17) is 5.73 Å². The number of hydrogen-bond donors (Lipinski definition) is 3. The van der Waals surface area contributed by atoms with Gasteiger partial charge < -0.3 is 21.1 Å². The van der Waals surface area contributed by atoms with Gasteiger partial charge in [0, 0.05) is 37.2 Å². The maximum absolute atomic E-state index is 9.70. The van der Waals surface area contributed by atoms with E-state index in [0.717, 1.165) is 23.5 Å². The van der Waals surface area contributed by atoms with Crippen molar-refractivity contribution in [2.75, 3.05) is 11.9 Å². The molecule has 3 aromatic rings. The average Bonchev–Trinajstić information content (AvgIpc) is 3.44. The van der Waals surface area contributed by atoms with Crippen LogP contribution in [-0.2, 0) is 13.1 Å². The molecular weight excluding hydrogens is 446 g/mol. The minimum atomic E-state index is -0.627. The van der Waals surface area contributed by atoms with Gasteiger partial charge in [-0.1, -0.05) is 32.9 Å². The Hall–Kier alpha value is -2.88. The second-order valence-corrected chi connectivity index (χ2v) is 10.7. The van der Waals surface area contributed by atoms with Crippen LogP contribution < -0.4 is 11.1 Å². The number of anilines is 2. The number of aromatic nitrogens is 4. The van der Waals surface area contributed by atoms with Gasteiger partial charge in [-0.2, -0.15) is 5.10 Å². The summed E-state index contributed by atoms with van der Waals surface area (Å²) in [6.45, 7) is 10.4. The van der Waals surface area contributed by atoms with Gasteiger partial charge in [0.25, 0.3) is 0 Å². The smallest absolute Gasteiger partial charge is 0.227 e. The summed E-state index contributed by atoms with van der Waals surface area (Å²) in [6, 6.07) is 8.42. The normalized spacial score (nSPS) is 16.8. The Morgan fingerprint density at radius 3 is 2.82 bits per heavy atom. The highest BCUT2D eigenvalue weighted by Crippen LogP contribution is 2.39. The summed E-state index contributed by atoms with van der Waals surface area (Å²) < 4.78 is 1.64. The van der Waals surface area contributed by atoms with Gasteiger partial charge in [-0.3, -0.25) is 4.68 Å². The van der Waals surface area contributed by atoms with Crippen LogP contribution in [0, 0.1) is 12.3 Å². The molecule has 0 fully saturated rings. The third-order valence-corrected chi connectivity index (χ3v) is 7.22. The van der Waals surface area contributed by atoms with Crippen molar-refractivity contribution in [1.82, 2.24) is 24.6 Å². The summed E-state index contributed by atoms with van der Waals surface area (Å²) in [7, 11) is 0. The summed E-state index contributed by atoms with van der Waals surface area (Å²) in [4.78, 5) is 11.5. The Balaban J connectivity index is 1.46. The van der Waals surface area contributed by atoms with Gasteiger partial charge in [0.1, 0.15) is 0 Å². The van der Waals surface area contributed by atoms with E-state index >= 15 is 0 Å². The molecule has 9 heteroatoms. The summed E-state index contributed by atoms with van der Waals surface area (Å²) in [5.41, 5.74) is 10.9. The molecule has 4 N–H and O–H groups in total. The summed E-state index contributed by atoms with van der Waals surface area (Å²) in [5.74, 6) is 0.491. The molecule has 0 saturated carbocycles. The molecule has 0 amide bonds. The van der Waals surface area contributed by atoms with Gasteiger partial charge in [-0.25, -0.2) is 9.97 Å². The van der Waals surface area contributed by atoms with Crippen LogP contribution in [0.5, 0.6) is 0 Å². The quantitative estimate of drug-likeness (QED) is 0.443. The molecular formula is C25H33N7OS. The minimum absolute atomic E-state index is 0.191. The molecule has 1 aliphatic rings. The fraction of sp³-hybridized carbons (Fsp3) is 0.400. The van der Waals surface area contributed by atoms with Crippen LogP contribution in [0.4, 0.5) is 11.6 Å². The van der Waals surface area contributed by atoms with Crippen LogP contribution in [0.1, 0.15) is 31.9 Å². The predicted octanol–water partition coefficient (Wildman–Crippen LogP) is 4.10. The standard InChI is InChI=1S/C25H33N7OS/c1-17-11-18(5-6-19(17)14-31-9-10-34-23(31)25(2,3)4)22-7-8-27-24(30-22)29-20-13-28-32(15-20)16-21(33)12-26/h5-11,13,15,21,23,33H,12,14,16,26H2,1-4H3,(H,27,29,30)/t21?,23-/m0/s1. The number of nitrogens with two attached hydrogens (primary N) is 1. The van der Waals surface area contributed by atoms with Gasteiger partial charge in [0.15, 0.2) is 0 Å². The molecule has 3 heterocycles. The fourth-order valence-electron chi connectivity index (χ4n) is 3.94. The van der Waals surface area contributed by atoms with E-state index in [-0.39, 0.29) is 12.0 Å². The van der Waals surface area contributed by atoms with Crippen LogP contribution in [0.3, 0.4) is 0 Å². The number of aliphatic hydroxyl groups excluding tert-OH is 1. The molecule has 0 aliphatic carbocycles. The zero-order valence-corrected chi connectivity index (χ0v) is 21.0. The molecule has 1 unspecified atom stereocenters. The number of hydrogen-bond acceptors (Lipinski definition) is 8. The largest absolute Gasteiger partial charge is 0.390 e. The Labute approximate surface area is 205 Å². The second-order valence-electron chi connectivity index (χ2n) is 9.68. The highest BCUT2D eigenvalue weighted by Gasteiger charge is 2.31. The Kier molecular flexibility index (Phi) is 7.25. The minimum Gasteiger partial charge on any atom is -0.390 e. The topological polar surface area (TPSA) is 105 Å². The maximum Gasteiger partial charge on any atom is 0.227 e. The number of nitrogens with zero attached hydrogens (tertiary/aromatic N) is 5. The fourth-order valence-corrected chi connectivity index (χ4v) is 5.02. The number of nitrogens with one attached hydrogen (secondary N) is 1. The zero-order chi connectivity index (χ0) is 24.3. The van der Waals surface area contributed by atoms with Gasteiger partial charge in [-0.15, -0.1) is 11.8 Å². The lowest BCUT2D eigenvalue weighted by Gasteiger charge is -2.35. The second kappa shape index (κ2) is 10.2. The van der Waals surface area contributed by atoms with Crippen molar-refractivity contribution in [3.05, 3.63) is 65.6 Å². The first-order valence-corrected chi connectivity index (χ1v) is 12.4. The number of aryl methyl sites for hydroxylation is 1. The van der Waals surface area contributed by atoms with Crippen LogP contribution >= 0.6 is 11.8 Å². The molecule has 1 aromatic carbocycles. The molecule has 4 rings (SSSR count). The van der Waals surface area contributed by atoms with E-state index in [9.17, 15) is 5.11 Å². The van der Waals surface area contributed by atoms with E-state index in [1.165, 1.54) is 11.1 Å². The summed E-state index contributed by atoms with van der Waals surface area (Å²) in [5, 5.41) is 19.8. The monoisotopic (exact) mass is 479 g/mol. The van der Waals surface area contributed by atoms with E-state index in [1.807, 2.05) is 17.8 Å². The highest BCUT2D eigenvalue weighted by molar-refractivity contribution is 8.02. The van der Waals surface area contributed by atoms with Crippen LogP contribution in [-0.4, -0.2) is 47.8 Å². The molecule has 0 saturated heterocycles. The van der Waals surface area contributed by atoms with E-state index in [1.54, 1.807) is 23.3 Å². The molecule has 1 aliphatic heterocycles. The van der Waals surface area contributed by atoms with Gasteiger partial charge in [0.2, 0.25) is 5.95 Å². The molecule has 0 bridgehead atoms. The number of aliphatic hydroxyl groups is 1. The number of rotatable bonds is 8. The van der Waals surface area contributed by atoms with Crippen molar-refractivity contribution in [2.45, 2.75) is 52.3 Å². The highest BCUT2D eigenvalue weighted by atomic mass is 32.2.